The van der Waals surface area contributed by atoms with E-state index in [1.54, 1.807) is 23.1 Å². The van der Waals surface area contributed by atoms with Crippen molar-refractivity contribution in [2.75, 3.05) is 49.7 Å². The monoisotopic (exact) mass is 436 g/mol. The van der Waals surface area contributed by atoms with E-state index in [-0.39, 0.29) is 11.7 Å². The number of ether oxygens (including phenoxy) is 2. The number of morpholine rings is 1. The number of anilines is 2. The van der Waals surface area contributed by atoms with Crippen molar-refractivity contribution in [1.29, 1.82) is 10.8 Å². The maximum absolute atomic E-state index is 13.2. The van der Waals surface area contributed by atoms with Gasteiger partial charge in [-0.1, -0.05) is 6.07 Å². The summed E-state index contributed by atoms with van der Waals surface area (Å²) in [4.78, 5) is 21.4. The molecule has 0 aliphatic carbocycles. The van der Waals surface area contributed by atoms with Gasteiger partial charge in [0.1, 0.15) is 17.3 Å². The van der Waals surface area contributed by atoms with Crippen molar-refractivity contribution in [2.45, 2.75) is 19.3 Å². The number of carbonyl (C=O) groups is 1. The molecule has 0 radical (unpaired) electrons. The second-order valence-electron chi connectivity index (χ2n) is 7.72. The van der Waals surface area contributed by atoms with Crippen LogP contribution >= 0.6 is 0 Å². The highest BCUT2D eigenvalue weighted by molar-refractivity contribution is 6.07. The summed E-state index contributed by atoms with van der Waals surface area (Å²) >= 11 is 0. The van der Waals surface area contributed by atoms with Gasteiger partial charge in [0.05, 0.1) is 31.7 Å². The van der Waals surface area contributed by atoms with Crippen molar-refractivity contribution in [3.63, 3.8) is 0 Å². The summed E-state index contributed by atoms with van der Waals surface area (Å²) in [7, 11) is 0. The average molecular weight is 437 g/mol. The zero-order valence-electron chi connectivity index (χ0n) is 18.0. The molecule has 1 amide bonds. The van der Waals surface area contributed by atoms with Crippen LogP contribution in [0.15, 0.2) is 36.4 Å². The van der Waals surface area contributed by atoms with Gasteiger partial charge in [0, 0.05) is 25.3 Å². The van der Waals surface area contributed by atoms with Crippen LogP contribution in [0.3, 0.4) is 0 Å². The van der Waals surface area contributed by atoms with Crippen LogP contribution in [0.25, 0.3) is 0 Å². The maximum atomic E-state index is 13.2. The van der Waals surface area contributed by atoms with Gasteiger partial charge in [0.2, 0.25) is 0 Å². The van der Waals surface area contributed by atoms with E-state index < -0.39 is 0 Å². The Morgan fingerprint density at radius 1 is 1.03 bits per heavy atom. The molecule has 2 aliphatic rings. The highest BCUT2D eigenvalue weighted by Crippen LogP contribution is 2.27. The molecule has 3 heterocycles. The number of nitrogens with zero attached hydrogens (tertiary/aromatic N) is 3. The normalized spacial score (nSPS) is 18.0. The van der Waals surface area contributed by atoms with Crippen LogP contribution in [0.5, 0.6) is 5.75 Å². The number of benzene rings is 1. The second kappa shape index (κ2) is 10.2. The van der Waals surface area contributed by atoms with E-state index in [4.69, 9.17) is 20.3 Å². The standard InChI is InChI=1S/C23H28N6O3/c24-16-29-9-2-1-3-12-32-20-8-7-17(28-10-13-31-14-11-28)15-18(20)23(30)27-21-6-4-5-19(26-21)22(29)25/h4-8,15-16,24-25H,1-3,9-14H2,(H,26,27,30). The van der Waals surface area contributed by atoms with Crippen molar-refractivity contribution in [3.05, 3.63) is 47.7 Å². The van der Waals surface area contributed by atoms with E-state index in [1.807, 2.05) is 18.2 Å². The summed E-state index contributed by atoms with van der Waals surface area (Å²) in [6, 6.07) is 10.8. The Kier molecular flexibility index (Phi) is 6.96. The molecule has 0 unspecified atom stereocenters. The van der Waals surface area contributed by atoms with Crippen molar-refractivity contribution < 1.29 is 14.3 Å². The SMILES string of the molecule is N=CN1CCCCCOc2ccc(N3CCOCC3)cc2C(=O)Nc2cccc(n2)C1=N. The van der Waals surface area contributed by atoms with Crippen LogP contribution in [0.1, 0.15) is 35.3 Å². The molecular weight excluding hydrogens is 408 g/mol. The fraction of sp³-hybridized carbons (Fsp3) is 0.391. The first-order valence-corrected chi connectivity index (χ1v) is 10.9. The van der Waals surface area contributed by atoms with Gasteiger partial charge < -0.3 is 24.6 Å². The van der Waals surface area contributed by atoms with Gasteiger partial charge in [-0.05, 0) is 49.6 Å². The van der Waals surface area contributed by atoms with E-state index in [0.29, 0.717) is 49.2 Å². The largest absolute Gasteiger partial charge is 0.493 e. The molecule has 1 fully saturated rings. The Morgan fingerprint density at radius 2 is 1.88 bits per heavy atom. The highest BCUT2D eigenvalue weighted by atomic mass is 16.5. The fourth-order valence-electron chi connectivity index (χ4n) is 3.79. The minimum atomic E-state index is -0.315. The van der Waals surface area contributed by atoms with Crippen molar-refractivity contribution in [2.24, 2.45) is 0 Å². The minimum absolute atomic E-state index is 0.136. The molecule has 1 aromatic carbocycles. The van der Waals surface area contributed by atoms with Gasteiger partial charge in [0.15, 0.2) is 5.84 Å². The van der Waals surface area contributed by atoms with Crippen molar-refractivity contribution in [1.82, 2.24) is 9.88 Å². The van der Waals surface area contributed by atoms with Crippen LogP contribution in [0.2, 0.25) is 0 Å². The number of amidine groups is 1. The van der Waals surface area contributed by atoms with Gasteiger partial charge in [-0.25, -0.2) is 4.98 Å². The van der Waals surface area contributed by atoms with E-state index in [1.165, 1.54) is 0 Å². The van der Waals surface area contributed by atoms with E-state index >= 15 is 0 Å². The summed E-state index contributed by atoms with van der Waals surface area (Å²) in [6.07, 6.45) is 3.67. The molecule has 2 bridgehead atoms. The lowest BCUT2D eigenvalue weighted by Gasteiger charge is -2.29. The topological polar surface area (TPSA) is 115 Å². The maximum Gasteiger partial charge on any atom is 0.260 e. The number of amides is 1. The molecule has 9 nitrogen and oxygen atoms in total. The summed E-state index contributed by atoms with van der Waals surface area (Å²) in [5.74, 6) is 0.710. The molecular formula is C23H28N6O3. The van der Waals surface area contributed by atoms with Crippen LogP contribution in [0.4, 0.5) is 11.5 Å². The number of hydrogen-bond donors (Lipinski definition) is 3. The predicted octanol–water partition coefficient (Wildman–Crippen LogP) is 2.97. The molecule has 1 saturated heterocycles. The fourth-order valence-corrected chi connectivity index (χ4v) is 3.79. The lowest BCUT2D eigenvalue weighted by molar-refractivity contribution is 0.102. The zero-order valence-corrected chi connectivity index (χ0v) is 18.0. The third-order valence-corrected chi connectivity index (χ3v) is 5.56. The number of pyridine rings is 1. The number of rotatable bonds is 2. The smallest absolute Gasteiger partial charge is 0.260 e. The van der Waals surface area contributed by atoms with Crippen LogP contribution in [-0.4, -0.2) is 67.4 Å². The van der Waals surface area contributed by atoms with Crippen LogP contribution in [0, 0.1) is 10.8 Å². The van der Waals surface area contributed by atoms with Crippen molar-refractivity contribution in [3.8, 4) is 5.75 Å². The molecule has 0 saturated carbocycles. The lowest BCUT2D eigenvalue weighted by Crippen LogP contribution is -2.36. The van der Waals surface area contributed by atoms with Gasteiger partial charge in [-0.15, -0.1) is 0 Å². The van der Waals surface area contributed by atoms with Gasteiger partial charge in [-0.2, -0.15) is 0 Å². The quantitative estimate of drug-likeness (QED) is 0.493. The molecule has 3 N–H and O–H groups in total. The molecule has 32 heavy (non-hydrogen) atoms. The van der Waals surface area contributed by atoms with Crippen LogP contribution < -0.4 is 15.0 Å². The Morgan fingerprint density at radius 3 is 2.69 bits per heavy atom. The number of carbonyl (C=O) groups excluding carboxylic acids is 1. The molecule has 1 aromatic heterocycles. The first kappa shape index (κ1) is 21.8. The Balaban J connectivity index is 1.65. The number of nitrogens with one attached hydrogen (secondary N) is 3. The Bertz CT molecular complexity index is 989. The summed E-state index contributed by atoms with van der Waals surface area (Å²) in [5, 5.41) is 18.9. The Labute approximate surface area is 187 Å². The molecule has 0 atom stereocenters. The van der Waals surface area contributed by atoms with Crippen LogP contribution in [-0.2, 0) is 4.74 Å². The third-order valence-electron chi connectivity index (χ3n) is 5.56. The third kappa shape index (κ3) is 5.05. The highest BCUT2D eigenvalue weighted by Gasteiger charge is 2.19. The van der Waals surface area contributed by atoms with Crippen molar-refractivity contribution >= 4 is 29.6 Å². The minimum Gasteiger partial charge on any atom is -0.493 e. The average Bonchev–Trinajstić information content (AvgIpc) is 2.83. The zero-order chi connectivity index (χ0) is 22.3. The number of hydrogen-bond acceptors (Lipinski definition) is 7. The molecule has 4 rings (SSSR count). The number of aromatic nitrogens is 1. The lowest BCUT2D eigenvalue weighted by atomic mass is 10.1. The number of fused-ring (bicyclic) bond motifs is 3. The van der Waals surface area contributed by atoms with Gasteiger partial charge in [0.25, 0.3) is 5.91 Å². The molecule has 0 spiro atoms. The molecule has 2 aliphatic heterocycles. The summed E-state index contributed by atoms with van der Waals surface area (Å²) in [5.41, 5.74) is 1.81. The summed E-state index contributed by atoms with van der Waals surface area (Å²) < 4.78 is 11.4. The predicted molar refractivity (Wildman–Crippen MR) is 123 cm³/mol. The molecule has 9 heteroatoms. The molecule has 168 valence electrons. The molecule has 2 aromatic rings. The first-order chi connectivity index (χ1) is 15.7. The Hall–Kier alpha value is -3.46. The summed E-state index contributed by atoms with van der Waals surface area (Å²) in [6.45, 7) is 3.92. The van der Waals surface area contributed by atoms with Gasteiger partial charge >= 0.3 is 0 Å². The van der Waals surface area contributed by atoms with E-state index in [0.717, 1.165) is 44.4 Å². The second-order valence-corrected chi connectivity index (χ2v) is 7.72. The van der Waals surface area contributed by atoms with Gasteiger partial charge in [-0.3, -0.25) is 15.6 Å². The first-order valence-electron chi connectivity index (χ1n) is 10.9. The van der Waals surface area contributed by atoms with E-state index in [9.17, 15) is 4.79 Å². The van der Waals surface area contributed by atoms with E-state index in [2.05, 4.69) is 15.2 Å².